The second-order valence-electron chi connectivity index (χ2n) is 5.99. The van der Waals surface area contributed by atoms with Crippen LogP contribution < -0.4 is 11.1 Å². The van der Waals surface area contributed by atoms with E-state index in [9.17, 15) is 4.39 Å². The lowest BCUT2D eigenvalue weighted by molar-refractivity contribution is 0.628. The Labute approximate surface area is 163 Å². The number of aromatic nitrogens is 4. The molecule has 9 heteroatoms. The van der Waals surface area contributed by atoms with Gasteiger partial charge in [0, 0.05) is 24.0 Å². The minimum absolute atomic E-state index is 0.0222. The van der Waals surface area contributed by atoms with Crippen LogP contribution in [0, 0.1) is 5.82 Å². The van der Waals surface area contributed by atoms with Gasteiger partial charge in [-0.1, -0.05) is 17.7 Å². The van der Waals surface area contributed by atoms with Gasteiger partial charge in [0.15, 0.2) is 5.65 Å². The lowest BCUT2D eigenvalue weighted by Crippen LogP contribution is -2.08. The minimum atomic E-state index is -0.487. The van der Waals surface area contributed by atoms with Crippen molar-refractivity contribution in [3.63, 3.8) is 0 Å². The average Bonchev–Trinajstić information content (AvgIpc) is 3.25. The van der Waals surface area contributed by atoms with E-state index in [-0.39, 0.29) is 5.02 Å². The highest BCUT2D eigenvalue weighted by Gasteiger charge is 2.18. The number of rotatable bonds is 5. The molecular weight excluding hydrogens is 387 g/mol. The number of hydrogen-bond acceptors (Lipinski definition) is 6. The van der Waals surface area contributed by atoms with Crippen LogP contribution in [0.1, 0.15) is 4.88 Å². The van der Waals surface area contributed by atoms with Crippen LogP contribution >= 0.6 is 22.9 Å². The highest BCUT2D eigenvalue weighted by atomic mass is 35.5. The van der Waals surface area contributed by atoms with Gasteiger partial charge in [-0.05, 0) is 36.1 Å². The van der Waals surface area contributed by atoms with Crippen molar-refractivity contribution in [2.24, 2.45) is 7.05 Å². The van der Waals surface area contributed by atoms with Crippen molar-refractivity contribution in [1.29, 1.82) is 0 Å². The molecule has 0 aliphatic carbocycles. The van der Waals surface area contributed by atoms with Crippen LogP contribution in [0.15, 0.2) is 35.7 Å². The topological polar surface area (TPSA) is 81.7 Å². The number of thiophene rings is 1. The lowest BCUT2D eigenvalue weighted by atomic mass is 10.1. The van der Waals surface area contributed by atoms with Crippen LogP contribution in [-0.4, -0.2) is 26.3 Å². The zero-order valence-corrected chi connectivity index (χ0v) is 16.0. The Kier molecular flexibility index (Phi) is 4.67. The first-order valence-corrected chi connectivity index (χ1v) is 9.50. The van der Waals surface area contributed by atoms with E-state index < -0.39 is 5.82 Å². The number of benzene rings is 1. The summed E-state index contributed by atoms with van der Waals surface area (Å²) in [6, 6.07) is 8.56. The van der Waals surface area contributed by atoms with Gasteiger partial charge in [0.05, 0.1) is 16.1 Å². The smallest absolute Gasteiger partial charge is 0.225 e. The van der Waals surface area contributed by atoms with Crippen molar-refractivity contribution in [3.05, 3.63) is 51.4 Å². The summed E-state index contributed by atoms with van der Waals surface area (Å²) < 4.78 is 15.1. The van der Waals surface area contributed by atoms with E-state index in [0.717, 1.165) is 6.42 Å². The Morgan fingerprint density at radius 1 is 1.30 bits per heavy atom. The predicted octanol–water partition coefficient (Wildman–Crippen LogP) is 4.12. The number of nitrogens with one attached hydrogen (secondary N) is 1. The molecule has 0 unspecified atom stereocenters. The molecule has 0 bridgehead atoms. The summed E-state index contributed by atoms with van der Waals surface area (Å²) in [6.45, 7) is 0.679. The highest BCUT2D eigenvalue weighted by molar-refractivity contribution is 7.09. The van der Waals surface area contributed by atoms with Gasteiger partial charge in [-0.15, -0.1) is 11.3 Å². The number of nitrogens with two attached hydrogens (primary N) is 1. The van der Waals surface area contributed by atoms with Crippen LogP contribution in [0.3, 0.4) is 0 Å². The number of hydrogen-bond donors (Lipinski definition) is 2. The second-order valence-corrected chi connectivity index (χ2v) is 7.43. The van der Waals surface area contributed by atoms with Gasteiger partial charge in [0.1, 0.15) is 11.6 Å². The van der Waals surface area contributed by atoms with E-state index in [1.54, 1.807) is 29.1 Å². The summed E-state index contributed by atoms with van der Waals surface area (Å²) in [5.41, 5.74) is 7.83. The first-order valence-electron chi connectivity index (χ1n) is 8.25. The molecule has 1 aromatic carbocycles. The molecule has 138 valence electrons. The van der Waals surface area contributed by atoms with Crippen molar-refractivity contribution in [2.45, 2.75) is 6.42 Å². The van der Waals surface area contributed by atoms with Crippen LogP contribution in [-0.2, 0) is 13.5 Å². The van der Waals surface area contributed by atoms with E-state index in [0.29, 0.717) is 40.6 Å². The van der Waals surface area contributed by atoms with Gasteiger partial charge in [-0.2, -0.15) is 10.1 Å². The first kappa shape index (κ1) is 17.7. The van der Waals surface area contributed by atoms with Gasteiger partial charge < -0.3 is 11.1 Å². The summed E-state index contributed by atoms with van der Waals surface area (Å²) in [5.74, 6) is 0.386. The number of halogens is 2. The largest absolute Gasteiger partial charge is 0.383 e. The average molecular weight is 403 g/mol. The number of anilines is 2. The first-order chi connectivity index (χ1) is 13.0. The SMILES string of the molecule is Cn1nc2nc(NCCc3cccs3)nc(-c3ccc(F)c(Cl)c3)c2c1N. The van der Waals surface area contributed by atoms with Crippen LogP contribution in [0.2, 0.25) is 5.02 Å². The molecule has 3 aromatic heterocycles. The van der Waals surface area contributed by atoms with Crippen molar-refractivity contribution < 1.29 is 4.39 Å². The van der Waals surface area contributed by atoms with E-state index >= 15 is 0 Å². The Morgan fingerprint density at radius 2 is 2.15 bits per heavy atom. The van der Waals surface area contributed by atoms with Gasteiger partial charge in [0.25, 0.3) is 0 Å². The number of aryl methyl sites for hydroxylation is 1. The fourth-order valence-electron chi connectivity index (χ4n) is 2.80. The zero-order valence-electron chi connectivity index (χ0n) is 14.4. The van der Waals surface area contributed by atoms with Crippen LogP contribution in [0.25, 0.3) is 22.3 Å². The number of fused-ring (bicyclic) bond motifs is 1. The molecule has 0 saturated heterocycles. The van der Waals surface area contributed by atoms with Crippen molar-refractivity contribution in [2.75, 3.05) is 17.6 Å². The monoisotopic (exact) mass is 402 g/mol. The molecule has 27 heavy (non-hydrogen) atoms. The summed E-state index contributed by atoms with van der Waals surface area (Å²) in [5, 5.41) is 10.3. The zero-order chi connectivity index (χ0) is 19.0. The molecule has 0 aliphatic rings. The third-order valence-electron chi connectivity index (χ3n) is 4.17. The maximum absolute atomic E-state index is 13.6. The van der Waals surface area contributed by atoms with E-state index in [1.165, 1.54) is 17.0 Å². The van der Waals surface area contributed by atoms with Crippen LogP contribution in [0.5, 0.6) is 0 Å². The molecule has 6 nitrogen and oxygen atoms in total. The second kappa shape index (κ2) is 7.13. The molecule has 3 N–H and O–H groups in total. The van der Waals surface area contributed by atoms with Gasteiger partial charge in [-0.25, -0.2) is 9.37 Å². The van der Waals surface area contributed by atoms with Gasteiger partial charge >= 0.3 is 0 Å². The Hall–Kier alpha value is -2.71. The van der Waals surface area contributed by atoms with E-state index in [4.69, 9.17) is 17.3 Å². The third kappa shape index (κ3) is 3.45. The predicted molar refractivity (Wildman–Crippen MR) is 108 cm³/mol. The molecule has 4 rings (SSSR count). The molecule has 0 fully saturated rings. The van der Waals surface area contributed by atoms with Crippen molar-refractivity contribution in [1.82, 2.24) is 19.7 Å². The molecule has 0 atom stereocenters. The van der Waals surface area contributed by atoms with Crippen molar-refractivity contribution in [3.8, 4) is 11.3 Å². The molecule has 0 saturated carbocycles. The van der Waals surface area contributed by atoms with Gasteiger partial charge in [-0.3, -0.25) is 4.68 Å². The molecule has 4 aromatic rings. The molecule has 3 heterocycles. The number of nitrogens with zero attached hydrogens (tertiary/aromatic N) is 4. The minimum Gasteiger partial charge on any atom is -0.383 e. The fraction of sp³-hybridized carbons (Fsp3) is 0.167. The summed E-state index contributed by atoms with van der Waals surface area (Å²) in [4.78, 5) is 10.3. The lowest BCUT2D eigenvalue weighted by Gasteiger charge is -2.09. The molecule has 0 aliphatic heterocycles. The normalized spacial score (nSPS) is 11.2. The van der Waals surface area contributed by atoms with E-state index in [2.05, 4.69) is 26.4 Å². The maximum atomic E-state index is 13.6. The Bertz CT molecular complexity index is 1110. The molecule has 0 radical (unpaired) electrons. The fourth-order valence-corrected chi connectivity index (χ4v) is 3.69. The summed E-state index contributed by atoms with van der Waals surface area (Å²) >= 11 is 7.66. The number of nitrogen functional groups attached to an aromatic ring is 1. The van der Waals surface area contributed by atoms with Crippen molar-refractivity contribution >= 4 is 45.7 Å². The summed E-state index contributed by atoms with van der Waals surface area (Å²) in [6.07, 6.45) is 0.862. The Balaban J connectivity index is 1.74. The highest BCUT2D eigenvalue weighted by Crippen LogP contribution is 2.32. The quantitative estimate of drug-likeness (QED) is 0.524. The standard InChI is InChI=1S/C18H16ClFN6S/c1-26-16(21)14-15(10-4-5-13(20)12(19)9-10)23-18(24-17(14)25-26)22-7-6-11-3-2-8-27-11/h2-5,8-9H,6-7,21H2,1H3,(H,22,24,25). The molecule has 0 spiro atoms. The Morgan fingerprint density at radius 3 is 2.89 bits per heavy atom. The maximum Gasteiger partial charge on any atom is 0.225 e. The van der Waals surface area contributed by atoms with Gasteiger partial charge in [0.2, 0.25) is 5.95 Å². The molecular formula is C18H16ClFN6S. The van der Waals surface area contributed by atoms with E-state index in [1.807, 2.05) is 11.4 Å². The van der Waals surface area contributed by atoms with Crippen LogP contribution in [0.4, 0.5) is 16.2 Å². The summed E-state index contributed by atoms with van der Waals surface area (Å²) in [7, 11) is 1.74. The molecule has 0 amide bonds. The third-order valence-corrected chi connectivity index (χ3v) is 5.39.